The van der Waals surface area contributed by atoms with Gasteiger partial charge in [-0.15, -0.1) is 0 Å². The maximum atomic E-state index is 13.2. The Balaban J connectivity index is 1.50. The summed E-state index contributed by atoms with van der Waals surface area (Å²) in [6.07, 6.45) is 8.29. The molecule has 5 rings (SSSR count). The molecule has 0 saturated heterocycles. The Morgan fingerprint density at radius 2 is 1.69 bits per heavy atom. The first-order valence-electron chi connectivity index (χ1n) is 9.88. The minimum absolute atomic E-state index is 0.0202. The molecule has 1 aromatic carbocycles. The highest BCUT2D eigenvalue weighted by molar-refractivity contribution is 6.34. The molecule has 0 aliphatic heterocycles. The van der Waals surface area contributed by atoms with Crippen molar-refractivity contribution in [2.24, 2.45) is 23.2 Å². The predicted octanol–water partition coefficient (Wildman–Crippen LogP) is 5.23. The molecule has 0 unspecified atom stereocenters. The van der Waals surface area contributed by atoms with Crippen LogP contribution >= 0.6 is 11.6 Å². The molecule has 0 heterocycles. The van der Waals surface area contributed by atoms with Crippen molar-refractivity contribution in [2.75, 3.05) is 10.6 Å². The number of rotatable bonds is 5. The number of carbonyl (C=O) groups is 2. The molecule has 4 saturated carbocycles. The monoisotopic (exact) mass is 374 g/mol. The van der Waals surface area contributed by atoms with Crippen LogP contribution in [-0.4, -0.2) is 11.8 Å². The summed E-state index contributed by atoms with van der Waals surface area (Å²) in [4.78, 5) is 25.0. The number of benzene rings is 1. The van der Waals surface area contributed by atoms with Crippen LogP contribution in [0.1, 0.15) is 58.3 Å². The van der Waals surface area contributed by atoms with Gasteiger partial charge in [-0.1, -0.05) is 18.5 Å². The van der Waals surface area contributed by atoms with Gasteiger partial charge in [-0.3, -0.25) is 9.59 Å². The Kier molecular flexibility index (Phi) is 4.72. The van der Waals surface area contributed by atoms with Crippen molar-refractivity contribution >= 4 is 34.8 Å². The minimum atomic E-state index is -0.209. The average Bonchev–Trinajstić information content (AvgIpc) is 2.57. The van der Waals surface area contributed by atoms with Crippen molar-refractivity contribution in [1.82, 2.24) is 0 Å². The van der Waals surface area contributed by atoms with Crippen LogP contribution in [0, 0.1) is 23.2 Å². The third kappa shape index (κ3) is 3.36. The van der Waals surface area contributed by atoms with Crippen LogP contribution < -0.4 is 10.6 Å². The van der Waals surface area contributed by atoms with Gasteiger partial charge in [0.2, 0.25) is 11.8 Å². The summed E-state index contributed by atoms with van der Waals surface area (Å²) in [5, 5.41) is 6.47. The molecule has 0 atom stereocenters. The molecule has 2 amide bonds. The van der Waals surface area contributed by atoms with E-state index in [1.165, 1.54) is 19.3 Å². The molecule has 1 aromatic rings. The number of halogens is 1. The van der Waals surface area contributed by atoms with Crippen LogP contribution in [0.3, 0.4) is 0 Å². The Labute approximate surface area is 160 Å². The summed E-state index contributed by atoms with van der Waals surface area (Å²) in [5.74, 6) is 2.27. The fraction of sp³-hybridized carbons (Fsp3) is 0.619. The van der Waals surface area contributed by atoms with E-state index in [4.69, 9.17) is 11.6 Å². The van der Waals surface area contributed by atoms with Gasteiger partial charge in [0.1, 0.15) is 0 Å². The molecule has 140 valence electrons. The lowest BCUT2D eigenvalue weighted by Gasteiger charge is -2.55. The van der Waals surface area contributed by atoms with Crippen molar-refractivity contribution < 1.29 is 9.59 Å². The zero-order chi connectivity index (χ0) is 18.3. The van der Waals surface area contributed by atoms with Gasteiger partial charge in [-0.05, 0) is 80.9 Å². The van der Waals surface area contributed by atoms with E-state index in [-0.39, 0.29) is 17.2 Å². The van der Waals surface area contributed by atoms with Crippen LogP contribution in [0.4, 0.5) is 11.4 Å². The van der Waals surface area contributed by atoms with Gasteiger partial charge in [0, 0.05) is 12.1 Å². The van der Waals surface area contributed by atoms with E-state index in [9.17, 15) is 9.59 Å². The Morgan fingerprint density at radius 3 is 2.27 bits per heavy atom. The lowest BCUT2D eigenvalue weighted by atomic mass is 9.49. The van der Waals surface area contributed by atoms with E-state index in [0.29, 0.717) is 22.8 Å². The molecule has 4 aliphatic rings. The second kappa shape index (κ2) is 6.88. The Hall–Kier alpha value is -1.55. The van der Waals surface area contributed by atoms with Crippen LogP contribution in [0.5, 0.6) is 0 Å². The minimum Gasteiger partial charge on any atom is -0.326 e. The van der Waals surface area contributed by atoms with Gasteiger partial charge in [0.25, 0.3) is 0 Å². The molecule has 0 radical (unpaired) electrons. The fourth-order valence-electron chi connectivity index (χ4n) is 5.79. The number of anilines is 2. The van der Waals surface area contributed by atoms with Gasteiger partial charge >= 0.3 is 0 Å². The maximum Gasteiger partial charge on any atom is 0.230 e. The standard InChI is InChI=1S/C21H27ClN2O2/c1-2-3-19(25)23-16-4-5-17(22)18(9-16)24-20(26)21-10-13-6-14(11-21)8-15(7-13)12-21/h4-5,9,13-15H,2-3,6-8,10-12H2,1H3,(H,23,25)(H,24,26). The van der Waals surface area contributed by atoms with Gasteiger partial charge in [0.05, 0.1) is 16.1 Å². The lowest BCUT2D eigenvalue weighted by molar-refractivity contribution is -0.140. The first-order valence-corrected chi connectivity index (χ1v) is 10.3. The molecule has 0 aromatic heterocycles. The van der Waals surface area contributed by atoms with Gasteiger partial charge in [0.15, 0.2) is 0 Å². The van der Waals surface area contributed by atoms with E-state index in [2.05, 4.69) is 10.6 Å². The van der Waals surface area contributed by atoms with E-state index in [1.54, 1.807) is 18.2 Å². The van der Waals surface area contributed by atoms with Crippen LogP contribution in [-0.2, 0) is 9.59 Å². The average molecular weight is 375 g/mol. The maximum absolute atomic E-state index is 13.2. The van der Waals surface area contributed by atoms with Crippen molar-refractivity contribution in [3.8, 4) is 0 Å². The smallest absolute Gasteiger partial charge is 0.230 e. The van der Waals surface area contributed by atoms with Crippen molar-refractivity contribution in [2.45, 2.75) is 58.3 Å². The summed E-state index contributed by atoms with van der Waals surface area (Å²) in [7, 11) is 0. The molecular formula is C21H27ClN2O2. The second-order valence-electron chi connectivity index (χ2n) is 8.64. The van der Waals surface area contributed by atoms with E-state index in [0.717, 1.165) is 43.4 Å². The number of carbonyl (C=O) groups excluding carboxylic acids is 2. The molecule has 2 N–H and O–H groups in total. The molecule has 5 heteroatoms. The van der Waals surface area contributed by atoms with Crippen LogP contribution in [0.25, 0.3) is 0 Å². The first kappa shape index (κ1) is 17.8. The molecule has 4 aliphatic carbocycles. The Bertz CT molecular complexity index is 695. The van der Waals surface area contributed by atoms with Crippen molar-refractivity contribution in [3.05, 3.63) is 23.2 Å². The normalized spacial score (nSPS) is 31.7. The summed E-state index contributed by atoms with van der Waals surface area (Å²) in [6, 6.07) is 5.28. The van der Waals surface area contributed by atoms with E-state index in [1.807, 2.05) is 6.92 Å². The zero-order valence-corrected chi connectivity index (χ0v) is 16.1. The zero-order valence-electron chi connectivity index (χ0n) is 15.3. The molecule has 0 spiro atoms. The van der Waals surface area contributed by atoms with Gasteiger partial charge in [-0.2, -0.15) is 0 Å². The largest absolute Gasteiger partial charge is 0.326 e. The van der Waals surface area contributed by atoms with E-state index >= 15 is 0 Å². The Morgan fingerprint density at radius 1 is 1.08 bits per heavy atom. The number of hydrogen-bond acceptors (Lipinski definition) is 2. The predicted molar refractivity (Wildman–Crippen MR) is 104 cm³/mol. The lowest BCUT2D eigenvalue weighted by Crippen LogP contribution is -2.51. The number of amides is 2. The van der Waals surface area contributed by atoms with Crippen molar-refractivity contribution in [1.29, 1.82) is 0 Å². The van der Waals surface area contributed by atoms with Crippen molar-refractivity contribution in [3.63, 3.8) is 0 Å². The highest BCUT2D eigenvalue weighted by Crippen LogP contribution is 2.60. The highest BCUT2D eigenvalue weighted by Gasteiger charge is 2.54. The molecule has 4 fully saturated rings. The summed E-state index contributed by atoms with van der Waals surface area (Å²) >= 11 is 6.32. The van der Waals surface area contributed by atoms with Crippen LogP contribution in [0.15, 0.2) is 18.2 Å². The number of hydrogen-bond donors (Lipinski definition) is 2. The number of nitrogens with one attached hydrogen (secondary N) is 2. The summed E-state index contributed by atoms with van der Waals surface area (Å²) in [6.45, 7) is 1.97. The SMILES string of the molecule is CCCC(=O)Nc1ccc(Cl)c(NC(=O)C23CC4CC(CC(C4)C2)C3)c1. The summed E-state index contributed by atoms with van der Waals surface area (Å²) in [5.41, 5.74) is 1.06. The van der Waals surface area contributed by atoms with Gasteiger partial charge < -0.3 is 10.6 Å². The molecule has 4 bridgehead atoms. The topological polar surface area (TPSA) is 58.2 Å². The quantitative estimate of drug-likeness (QED) is 0.740. The highest BCUT2D eigenvalue weighted by atomic mass is 35.5. The first-order chi connectivity index (χ1) is 12.5. The third-order valence-electron chi connectivity index (χ3n) is 6.50. The summed E-state index contributed by atoms with van der Waals surface area (Å²) < 4.78 is 0. The van der Waals surface area contributed by atoms with E-state index < -0.39 is 0 Å². The van der Waals surface area contributed by atoms with Crippen LogP contribution in [0.2, 0.25) is 5.02 Å². The third-order valence-corrected chi connectivity index (χ3v) is 6.82. The molecular weight excluding hydrogens is 348 g/mol. The molecule has 26 heavy (non-hydrogen) atoms. The van der Waals surface area contributed by atoms with Gasteiger partial charge in [-0.25, -0.2) is 0 Å². The molecule has 4 nitrogen and oxygen atoms in total. The fourth-order valence-corrected chi connectivity index (χ4v) is 5.96. The second-order valence-corrected chi connectivity index (χ2v) is 9.05.